The van der Waals surface area contributed by atoms with Crippen molar-refractivity contribution in [2.24, 2.45) is 0 Å². The number of sulfonamides is 1. The van der Waals surface area contributed by atoms with Crippen LogP contribution in [0.2, 0.25) is 0 Å². The molecule has 0 amide bonds. The Hall–Kier alpha value is -0.900. The highest BCUT2D eigenvalue weighted by molar-refractivity contribution is 7.99. The smallest absolute Gasteiger partial charge is 0.263 e. The van der Waals surface area contributed by atoms with Crippen molar-refractivity contribution in [1.82, 2.24) is 14.3 Å². The number of nitrogens with zero attached hydrogens (tertiary/aromatic N) is 2. The minimum absolute atomic E-state index is 0.00984. The van der Waals surface area contributed by atoms with Gasteiger partial charge in [-0.15, -0.1) is 11.3 Å². The van der Waals surface area contributed by atoms with Crippen LogP contribution in [-0.2, 0) is 10.0 Å². The minimum Gasteiger partial charge on any atom is -0.284 e. The van der Waals surface area contributed by atoms with Gasteiger partial charge in [0.25, 0.3) is 5.56 Å². The molecule has 0 saturated heterocycles. The molecule has 0 aromatic carbocycles. The van der Waals surface area contributed by atoms with Gasteiger partial charge in [-0.3, -0.25) is 9.36 Å². The van der Waals surface area contributed by atoms with Crippen LogP contribution in [0.1, 0.15) is 30.3 Å². The molecule has 2 rings (SSSR count). The second-order valence-corrected chi connectivity index (χ2v) is 9.74. The molecular formula is C14H21N3O3S3. The van der Waals surface area contributed by atoms with Crippen molar-refractivity contribution in [3.8, 4) is 0 Å². The lowest BCUT2D eigenvalue weighted by molar-refractivity contribution is 0.519. The average Bonchev–Trinajstić information content (AvgIpc) is 2.69. The number of nitrogens with one attached hydrogen (secondary N) is 1. The molecule has 0 aliphatic rings. The number of rotatable bonds is 6. The SMILES string of the molecule is Cc1sc2nc(SCCNS(C)(=O)=O)n(C(C)C)c(=O)c2c1C. The maximum atomic E-state index is 12.8. The molecule has 0 bridgehead atoms. The summed E-state index contributed by atoms with van der Waals surface area (Å²) in [6.07, 6.45) is 1.13. The molecule has 2 aromatic heterocycles. The quantitative estimate of drug-likeness (QED) is 0.476. The van der Waals surface area contributed by atoms with E-state index < -0.39 is 10.0 Å². The lowest BCUT2D eigenvalue weighted by atomic mass is 10.2. The largest absolute Gasteiger partial charge is 0.284 e. The van der Waals surface area contributed by atoms with E-state index in [2.05, 4.69) is 9.71 Å². The Morgan fingerprint density at radius 2 is 2.00 bits per heavy atom. The Labute approximate surface area is 144 Å². The van der Waals surface area contributed by atoms with E-state index in [1.807, 2.05) is 27.7 Å². The van der Waals surface area contributed by atoms with Gasteiger partial charge in [-0.2, -0.15) is 0 Å². The molecule has 0 saturated carbocycles. The number of hydrogen-bond donors (Lipinski definition) is 1. The summed E-state index contributed by atoms with van der Waals surface area (Å²) in [6.45, 7) is 8.14. The summed E-state index contributed by atoms with van der Waals surface area (Å²) < 4.78 is 26.3. The van der Waals surface area contributed by atoms with E-state index in [9.17, 15) is 13.2 Å². The standard InChI is InChI=1S/C14H21N3O3S3/c1-8(2)17-13(18)11-9(3)10(4)22-12(11)16-14(17)21-7-6-15-23(5,19)20/h8,15H,6-7H2,1-5H3. The van der Waals surface area contributed by atoms with Gasteiger partial charge < -0.3 is 0 Å². The summed E-state index contributed by atoms with van der Waals surface area (Å²) in [5.41, 5.74) is 0.970. The van der Waals surface area contributed by atoms with E-state index in [1.165, 1.54) is 23.1 Å². The van der Waals surface area contributed by atoms with E-state index in [4.69, 9.17) is 0 Å². The second-order valence-electron chi connectivity index (χ2n) is 5.64. The summed E-state index contributed by atoms with van der Waals surface area (Å²) in [7, 11) is -3.20. The van der Waals surface area contributed by atoms with Gasteiger partial charge in [-0.25, -0.2) is 18.1 Å². The van der Waals surface area contributed by atoms with Crippen LogP contribution in [0.25, 0.3) is 10.2 Å². The Balaban J connectivity index is 2.39. The van der Waals surface area contributed by atoms with Crippen LogP contribution in [0.15, 0.2) is 9.95 Å². The lowest BCUT2D eigenvalue weighted by Crippen LogP contribution is -2.27. The van der Waals surface area contributed by atoms with E-state index >= 15 is 0 Å². The van der Waals surface area contributed by atoms with Gasteiger partial charge in [-0.05, 0) is 33.3 Å². The zero-order valence-electron chi connectivity index (χ0n) is 13.8. The maximum Gasteiger partial charge on any atom is 0.263 e. The monoisotopic (exact) mass is 375 g/mol. The van der Waals surface area contributed by atoms with Crippen LogP contribution >= 0.6 is 23.1 Å². The van der Waals surface area contributed by atoms with Crippen molar-refractivity contribution in [2.45, 2.75) is 38.9 Å². The van der Waals surface area contributed by atoms with Gasteiger partial charge in [0, 0.05) is 23.2 Å². The topological polar surface area (TPSA) is 81.1 Å². The highest BCUT2D eigenvalue weighted by Crippen LogP contribution is 2.29. The highest BCUT2D eigenvalue weighted by Gasteiger charge is 2.18. The molecule has 0 aliphatic carbocycles. The minimum atomic E-state index is -3.20. The Morgan fingerprint density at radius 1 is 1.35 bits per heavy atom. The zero-order valence-corrected chi connectivity index (χ0v) is 16.3. The molecule has 1 N–H and O–H groups in total. The molecule has 0 radical (unpaired) electrons. The first-order valence-electron chi connectivity index (χ1n) is 7.21. The Kier molecular flexibility index (Phi) is 5.55. The predicted molar refractivity (Wildman–Crippen MR) is 97.3 cm³/mol. The van der Waals surface area contributed by atoms with Crippen LogP contribution in [0.4, 0.5) is 0 Å². The number of thiophene rings is 1. The third kappa shape index (κ3) is 4.14. The summed E-state index contributed by atoms with van der Waals surface area (Å²) in [5.74, 6) is 0.515. The molecule has 0 atom stereocenters. The normalized spacial score (nSPS) is 12.4. The van der Waals surface area contributed by atoms with Crippen LogP contribution in [0.3, 0.4) is 0 Å². The number of aromatic nitrogens is 2. The van der Waals surface area contributed by atoms with Gasteiger partial charge in [0.1, 0.15) is 4.83 Å². The summed E-state index contributed by atoms with van der Waals surface area (Å²) in [6, 6.07) is -0.00984. The van der Waals surface area contributed by atoms with E-state index in [1.54, 1.807) is 4.57 Å². The van der Waals surface area contributed by atoms with E-state index in [0.29, 0.717) is 22.8 Å². The number of aryl methyl sites for hydroxylation is 2. The number of fused-ring (bicyclic) bond motifs is 1. The number of thioether (sulfide) groups is 1. The van der Waals surface area contributed by atoms with Gasteiger partial charge in [0.15, 0.2) is 5.16 Å². The summed E-state index contributed by atoms with van der Waals surface area (Å²) in [4.78, 5) is 19.3. The Morgan fingerprint density at radius 3 is 2.57 bits per heavy atom. The molecule has 2 heterocycles. The molecule has 0 unspecified atom stereocenters. The third-order valence-corrected chi connectivity index (χ3v) is 6.20. The molecule has 0 fully saturated rings. The first-order valence-corrected chi connectivity index (χ1v) is 10.9. The van der Waals surface area contributed by atoms with Crippen molar-refractivity contribution in [1.29, 1.82) is 0 Å². The third-order valence-electron chi connectivity index (χ3n) is 3.42. The van der Waals surface area contributed by atoms with Crippen molar-refractivity contribution in [3.63, 3.8) is 0 Å². The summed E-state index contributed by atoms with van der Waals surface area (Å²) in [5, 5.41) is 1.33. The van der Waals surface area contributed by atoms with Gasteiger partial charge >= 0.3 is 0 Å². The van der Waals surface area contributed by atoms with Gasteiger partial charge in [-0.1, -0.05) is 11.8 Å². The van der Waals surface area contributed by atoms with Crippen LogP contribution in [0.5, 0.6) is 0 Å². The van der Waals surface area contributed by atoms with Crippen molar-refractivity contribution in [3.05, 3.63) is 20.8 Å². The zero-order chi connectivity index (χ0) is 17.4. The molecular weight excluding hydrogens is 354 g/mol. The molecule has 9 heteroatoms. The Bertz CT molecular complexity index is 882. The van der Waals surface area contributed by atoms with Crippen molar-refractivity contribution >= 4 is 43.3 Å². The highest BCUT2D eigenvalue weighted by atomic mass is 32.2. The molecule has 6 nitrogen and oxygen atoms in total. The van der Waals surface area contributed by atoms with E-state index in [0.717, 1.165) is 21.5 Å². The van der Waals surface area contributed by atoms with Crippen molar-refractivity contribution < 1.29 is 8.42 Å². The fraction of sp³-hybridized carbons (Fsp3) is 0.571. The molecule has 23 heavy (non-hydrogen) atoms. The molecule has 0 aliphatic heterocycles. The molecule has 2 aromatic rings. The van der Waals surface area contributed by atoms with Crippen molar-refractivity contribution in [2.75, 3.05) is 18.6 Å². The number of hydrogen-bond acceptors (Lipinski definition) is 6. The second kappa shape index (κ2) is 6.92. The van der Waals surface area contributed by atoms with Crippen LogP contribution in [0, 0.1) is 13.8 Å². The first kappa shape index (κ1) is 18.4. The lowest BCUT2D eigenvalue weighted by Gasteiger charge is -2.15. The van der Waals surface area contributed by atoms with Gasteiger partial charge in [0.05, 0.1) is 11.6 Å². The van der Waals surface area contributed by atoms with Crippen LogP contribution in [-0.4, -0.2) is 36.5 Å². The first-order chi connectivity index (χ1) is 10.6. The molecule has 0 spiro atoms. The van der Waals surface area contributed by atoms with Gasteiger partial charge in [0.2, 0.25) is 10.0 Å². The predicted octanol–water partition coefficient (Wildman–Crippen LogP) is 2.30. The molecule has 128 valence electrons. The van der Waals surface area contributed by atoms with Crippen LogP contribution < -0.4 is 10.3 Å². The van der Waals surface area contributed by atoms with E-state index in [-0.39, 0.29) is 11.6 Å². The fourth-order valence-electron chi connectivity index (χ4n) is 2.21. The maximum absolute atomic E-state index is 12.8. The summed E-state index contributed by atoms with van der Waals surface area (Å²) >= 11 is 2.91. The average molecular weight is 376 g/mol. The fourth-order valence-corrected chi connectivity index (χ4v) is 4.87.